The second kappa shape index (κ2) is 8.17. The second-order valence-corrected chi connectivity index (χ2v) is 4.47. The van der Waals surface area contributed by atoms with E-state index < -0.39 is 0 Å². The summed E-state index contributed by atoms with van der Waals surface area (Å²) in [6.07, 6.45) is 4.65. The lowest BCUT2D eigenvalue weighted by atomic mass is 10.2. The average molecular weight is 273 g/mol. The molecule has 0 saturated heterocycles. The van der Waals surface area contributed by atoms with E-state index in [0.29, 0.717) is 25.3 Å². The van der Waals surface area contributed by atoms with E-state index in [4.69, 9.17) is 9.15 Å². The van der Waals surface area contributed by atoms with Gasteiger partial charge in [-0.3, -0.25) is 4.79 Å². The zero-order chi connectivity index (χ0) is 14.0. The van der Waals surface area contributed by atoms with E-state index in [1.807, 2.05) is 18.2 Å². The van der Waals surface area contributed by atoms with Gasteiger partial charge < -0.3 is 14.5 Å². The van der Waals surface area contributed by atoms with Crippen LogP contribution >= 0.6 is 0 Å². The Balaban J connectivity index is 1.49. The predicted molar refractivity (Wildman–Crippen MR) is 76.6 cm³/mol. The van der Waals surface area contributed by atoms with Gasteiger partial charge in [-0.2, -0.15) is 0 Å². The smallest absolute Gasteiger partial charge is 0.254 e. The van der Waals surface area contributed by atoms with Crippen molar-refractivity contribution >= 4 is 5.91 Å². The number of carbonyl (C=O) groups excluding carboxylic acids is 1. The third kappa shape index (κ3) is 4.90. The molecule has 0 aliphatic heterocycles. The van der Waals surface area contributed by atoms with Crippen molar-refractivity contribution in [1.82, 2.24) is 5.32 Å². The molecule has 0 bridgehead atoms. The summed E-state index contributed by atoms with van der Waals surface area (Å²) in [6, 6.07) is 11.9. The molecule has 4 nitrogen and oxygen atoms in total. The van der Waals surface area contributed by atoms with Gasteiger partial charge in [-0.25, -0.2) is 0 Å². The van der Waals surface area contributed by atoms with Crippen molar-refractivity contribution in [1.29, 1.82) is 0 Å². The number of carbonyl (C=O) groups is 1. The molecule has 20 heavy (non-hydrogen) atoms. The van der Waals surface area contributed by atoms with Crippen LogP contribution in [0.3, 0.4) is 0 Å². The number of amides is 1. The lowest BCUT2D eigenvalue weighted by Gasteiger charge is -2.05. The van der Waals surface area contributed by atoms with E-state index in [2.05, 4.69) is 17.4 Å². The molecular weight excluding hydrogens is 254 g/mol. The first-order valence-corrected chi connectivity index (χ1v) is 6.78. The van der Waals surface area contributed by atoms with Crippen LogP contribution in [0.5, 0.6) is 0 Å². The molecule has 2 aromatic rings. The van der Waals surface area contributed by atoms with E-state index in [1.165, 1.54) is 18.1 Å². The highest BCUT2D eigenvalue weighted by Crippen LogP contribution is 2.00. The molecule has 1 aromatic carbocycles. The van der Waals surface area contributed by atoms with Gasteiger partial charge in [0.1, 0.15) is 6.26 Å². The van der Waals surface area contributed by atoms with Crippen LogP contribution in [-0.2, 0) is 11.2 Å². The Morgan fingerprint density at radius 2 is 2.00 bits per heavy atom. The molecule has 1 heterocycles. The van der Waals surface area contributed by atoms with Crippen LogP contribution < -0.4 is 5.32 Å². The Hall–Kier alpha value is -2.07. The van der Waals surface area contributed by atoms with Crippen molar-refractivity contribution in [2.75, 3.05) is 19.8 Å². The highest BCUT2D eigenvalue weighted by atomic mass is 16.5. The van der Waals surface area contributed by atoms with Gasteiger partial charge in [-0.05, 0) is 24.5 Å². The Kier molecular flexibility index (Phi) is 5.86. The molecule has 1 N–H and O–H groups in total. The summed E-state index contributed by atoms with van der Waals surface area (Å²) in [7, 11) is 0. The third-order valence-electron chi connectivity index (χ3n) is 2.91. The molecule has 0 aliphatic rings. The van der Waals surface area contributed by atoms with Crippen molar-refractivity contribution in [3.63, 3.8) is 0 Å². The standard InChI is InChI=1S/C16H19NO3/c18-16(15-8-12-20-13-15)17-9-4-10-19-11-7-14-5-2-1-3-6-14/h1-3,5-6,8,12-13H,4,7,9-11H2,(H,17,18). The van der Waals surface area contributed by atoms with Crippen LogP contribution in [0.4, 0.5) is 0 Å². The van der Waals surface area contributed by atoms with Crippen molar-refractivity contribution in [2.45, 2.75) is 12.8 Å². The summed E-state index contributed by atoms with van der Waals surface area (Å²) in [5, 5.41) is 2.81. The summed E-state index contributed by atoms with van der Waals surface area (Å²) in [4.78, 5) is 11.6. The number of hydrogen-bond acceptors (Lipinski definition) is 3. The van der Waals surface area contributed by atoms with Crippen LogP contribution in [-0.4, -0.2) is 25.7 Å². The predicted octanol–water partition coefficient (Wildman–Crippen LogP) is 2.66. The first-order valence-electron chi connectivity index (χ1n) is 6.78. The Labute approximate surface area is 118 Å². The second-order valence-electron chi connectivity index (χ2n) is 4.47. The lowest BCUT2D eigenvalue weighted by molar-refractivity contribution is 0.0941. The van der Waals surface area contributed by atoms with E-state index in [-0.39, 0.29) is 5.91 Å². The third-order valence-corrected chi connectivity index (χ3v) is 2.91. The number of hydrogen-bond donors (Lipinski definition) is 1. The first-order chi connectivity index (χ1) is 9.86. The van der Waals surface area contributed by atoms with Crippen molar-refractivity contribution < 1.29 is 13.9 Å². The summed E-state index contributed by atoms with van der Waals surface area (Å²) in [5.41, 5.74) is 1.83. The first kappa shape index (κ1) is 14.3. The monoisotopic (exact) mass is 273 g/mol. The SMILES string of the molecule is O=C(NCCCOCCc1ccccc1)c1ccoc1. The number of nitrogens with one attached hydrogen (secondary N) is 1. The zero-order valence-corrected chi connectivity index (χ0v) is 11.4. The maximum Gasteiger partial charge on any atom is 0.254 e. The fourth-order valence-corrected chi connectivity index (χ4v) is 1.81. The Morgan fingerprint density at radius 1 is 1.15 bits per heavy atom. The fourth-order valence-electron chi connectivity index (χ4n) is 1.81. The molecule has 0 atom stereocenters. The van der Waals surface area contributed by atoms with Gasteiger partial charge in [0, 0.05) is 13.2 Å². The molecule has 1 amide bonds. The number of ether oxygens (including phenoxy) is 1. The lowest BCUT2D eigenvalue weighted by Crippen LogP contribution is -2.24. The average Bonchev–Trinajstić information content (AvgIpc) is 3.01. The Morgan fingerprint density at radius 3 is 2.75 bits per heavy atom. The van der Waals surface area contributed by atoms with Crippen LogP contribution in [0, 0.1) is 0 Å². The molecule has 0 aliphatic carbocycles. The molecule has 0 radical (unpaired) electrons. The minimum absolute atomic E-state index is 0.108. The van der Waals surface area contributed by atoms with Crippen LogP contribution in [0.2, 0.25) is 0 Å². The molecule has 0 unspecified atom stereocenters. The van der Waals surface area contributed by atoms with Gasteiger partial charge in [0.2, 0.25) is 0 Å². The van der Waals surface area contributed by atoms with E-state index >= 15 is 0 Å². The summed E-state index contributed by atoms with van der Waals surface area (Å²) in [6.45, 7) is 1.97. The molecule has 4 heteroatoms. The molecule has 0 fully saturated rings. The zero-order valence-electron chi connectivity index (χ0n) is 11.4. The molecule has 0 spiro atoms. The molecule has 0 saturated carbocycles. The normalized spacial score (nSPS) is 10.4. The van der Waals surface area contributed by atoms with Gasteiger partial charge >= 0.3 is 0 Å². The summed E-state index contributed by atoms with van der Waals surface area (Å²) < 4.78 is 10.4. The molecule has 106 valence electrons. The van der Waals surface area contributed by atoms with Crippen LogP contribution in [0.25, 0.3) is 0 Å². The fraction of sp³-hybridized carbons (Fsp3) is 0.312. The van der Waals surface area contributed by atoms with Gasteiger partial charge in [-0.1, -0.05) is 30.3 Å². The largest absolute Gasteiger partial charge is 0.472 e. The molecule has 1 aromatic heterocycles. The van der Waals surface area contributed by atoms with Crippen molar-refractivity contribution in [3.8, 4) is 0 Å². The highest BCUT2D eigenvalue weighted by Gasteiger charge is 2.04. The minimum Gasteiger partial charge on any atom is -0.472 e. The summed E-state index contributed by atoms with van der Waals surface area (Å²) in [5.74, 6) is -0.108. The molecular formula is C16H19NO3. The maximum absolute atomic E-state index is 11.6. The topological polar surface area (TPSA) is 51.5 Å². The van der Waals surface area contributed by atoms with Crippen LogP contribution in [0.15, 0.2) is 53.3 Å². The van der Waals surface area contributed by atoms with Gasteiger partial charge in [0.25, 0.3) is 5.91 Å². The number of benzene rings is 1. The van der Waals surface area contributed by atoms with Crippen molar-refractivity contribution in [3.05, 3.63) is 60.1 Å². The number of rotatable bonds is 8. The van der Waals surface area contributed by atoms with E-state index in [0.717, 1.165) is 12.8 Å². The highest BCUT2D eigenvalue weighted by molar-refractivity contribution is 5.93. The van der Waals surface area contributed by atoms with Gasteiger partial charge in [-0.15, -0.1) is 0 Å². The van der Waals surface area contributed by atoms with Gasteiger partial charge in [0.05, 0.1) is 18.4 Å². The van der Waals surface area contributed by atoms with Crippen LogP contribution in [0.1, 0.15) is 22.3 Å². The number of furan rings is 1. The Bertz CT molecular complexity index is 494. The minimum atomic E-state index is -0.108. The summed E-state index contributed by atoms with van der Waals surface area (Å²) >= 11 is 0. The maximum atomic E-state index is 11.6. The quantitative estimate of drug-likeness (QED) is 0.752. The van der Waals surface area contributed by atoms with E-state index in [9.17, 15) is 4.79 Å². The van der Waals surface area contributed by atoms with Gasteiger partial charge in [0.15, 0.2) is 0 Å². The van der Waals surface area contributed by atoms with Crippen molar-refractivity contribution in [2.24, 2.45) is 0 Å². The van der Waals surface area contributed by atoms with E-state index in [1.54, 1.807) is 6.07 Å². The molecule has 2 rings (SSSR count).